The second-order valence-electron chi connectivity index (χ2n) is 13.0. The summed E-state index contributed by atoms with van der Waals surface area (Å²) < 4.78 is 61.9. The number of imidazole rings is 1. The number of carboxylic acids is 1. The van der Waals surface area contributed by atoms with Gasteiger partial charge < -0.3 is 61.1 Å². The van der Waals surface area contributed by atoms with E-state index in [4.69, 9.17) is 24.6 Å². The summed E-state index contributed by atoms with van der Waals surface area (Å²) in [6.45, 7) is 1.02. The molecule has 0 spiro atoms. The highest BCUT2D eigenvalue weighted by atomic mass is 32.2. The van der Waals surface area contributed by atoms with Gasteiger partial charge in [0.05, 0.1) is 26.0 Å². The molecule has 0 saturated carbocycles. The Morgan fingerprint density at radius 3 is 2.32 bits per heavy atom. The van der Waals surface area contributed by atoms with Gasteiger partial charge in [0.25, 0.3) is 0 Å². The third kappa shape index (κ3) is 14.3. The first-order chi connectivity index (χ1) is 26.1. The summed E-state index contributed by atoms with van der Waals surface area (Å²) in [5, 5.41) is 43.9. The van der Waals surface area contributed by atoms with Crippen molar-refractivity contribution in [3.05, 3.63) is 12.7 Å². The van der Waals surface area contributed by atoms with Crippen molar-refractivity contribution < 1.29 is 95.5 Å². The number of nitrogens with one attached hydrogen (secondary N) is 2. The zero-order chi connectivity index (χ0) is 43.1. The fraction of sp³-hybridized carbons (Fsp3) is 0.654. The molecule has 1 aliphatic rings. The number of fused-ring (bicyclic) bond motifs is 1. The zero-order valence-corrected chi connectivity index (χ0v) is 33.6. The highest BCUT2D eigenvalue weighted by Crippen LogP contribution is 2.61. The number of phosphoric acid groups is 3. The number of phosphoric ester groups is 3. The molecule has 3 rings (SSSR count). The van der Waals surface area contributed by atoms with Crippen molar-refractivity contribution in [3.63, 3.8) is 0 Å². The van der Waals surface area contributed by atoms with Gasteiger partial charge in [-0.3, -0.25) is 37.3 Å². The molecule has 0 aliphatic carbocycles. The van der Waals surface area contributed by atoms with Crippen LogP contribution >= 0.6 is 35.2 Å². The van der Waals surface area contributed by atoms with Crippen LogP contribution in [-0.2, 0) is 55.5 Å². The molecule has 0 radical (unpaired) electrons. The Morgan fingerprint density at radius 2 is 1.68 bits per heavy atom. The molecule has 8 atom stereocenters. The van der Waals surface area contributed by atoms with Crippen LogP contribution in [0.2, 0.25) is 0 Å². The predicted molar refractivity (Wildman–Crippen MR) is 190 cm³/mol. The fourth-order valence-electron chi connectivity index (χ4n) is 4.80. The van der Waals surface area contributed by atoms with Crippen LogP contribution in [0.4, 0.5) is 5.82 Å². The quantitative estimate of drug-likeness (QED) is 0.0445. The number of aromatic nitrogens is 4. The zero-order valence-electron chi connectivity index (χ0n) is 30.1. The molecule has 1 aliphatic heterocycles. The van der Waals surface area contributed by atoms with Crippen LogP contribution in [0.1, 0.15) is 39.8 Å². The largest absolute Gasteiger partial charge is 0.481 e. The molecule has 57 heavy (non-hydrogen) atoms. The highest BCUT2D eigenvalue weighted by Gasteiger charge is 2.50. The Kier molecular flexibility index (Phi) is 16.4. The molecule has 1 fully saturated rings. The monoisotopic (exact) mass is 897 g/mol. The van der Waals surface area contributed by atoms with Gasteiger partial charge in [-0.2, -0.15) is 4.31 Å². The number of carbonyl (C=O) groups excluding carboxylic acids is 3. The van der Waals surface area contributed by atoms with Crippen LogP contribution in [0, 0.1) is 5.41 Å². The number of hydrogen-bond donors (Lipinski definition) is 11. The maximum Gasteiger partial charge on any atom is 0.481 e. The Balaban J connectivity index is 1.49. The molecule has 0 aromatic carbocycles. The van der Waals surface area contributed by atoms with Crippen LogP contribution in [0.5, 0.6) is 0 Å². The number of nitrogens with zero attached hydrogens (tertiary/aromatic N) is 4. The number of ether oxygens (including phenoxy) is 1. The average Bonchev–Trinajstić information content (AvgIpc) is 3.63. The highest BCUT2D eigenvalue weighted by molar-refractivity contribution is 8.13. The van der Waals surface area contributed by atoms with Crippen molar-refractivity contribution in [2.75, 3.05) is 37.8 Å². The number of hydrogen-bond acceptors (Lipinski definition) is 20. The maximum atomic E-state index is 12.7. The Bertz CT molecular complexity index is 1930. The molecule has 0 bridgehead atoms. The number of anilines is 1. The maximum absolute atomic E-state index is 12.7. The molecule has 322 valence electrons. The van der Waals surface area contributed by atoms with Crippen LogP contribution in [0.3, 0.4) is 0 Å². The van der Waals surface area contributed by atoms with Crippen molar-refractivity contribution in [2.45, 2.75) is 69.9 Å². The smallest absolute Gasteiger partial charge is 0.481 e. The van der Waals surface area contributed by atoms with Crippen LogP contribution in [-0.4, -0.2) is 144 Å². The van der Waals surface area contributed by atoms with Crippen molar-refractivity contribution in [3.8, 4) is 0 Å². The van der Waals surface area contributed by atoms with Gasteiger partial charge in [0.2, 0.25) is 16.9 Å². The number of aliphatic hydroxyl groups is 3. The topological polar surface area (TPSA) is 421 Å². The Labute approximate surface area is 326 Å². The van der Waals surface area contributed by atoms with E-state index in [9.17, 15) is 67.8 Å². The number of nitrogens with two attached hydrogens (primary N) is 1. The van der Waals surface area contributed by atoms with Crippen molar-refractivity contribution in [2.24, 2.45) is 5.41 Å². The summed E-state index contributed by atoms with van der Waals surface area (Å²) in [4.78, 5) is 98.1. The molecule has 2 amide bonds. The van der Waals surface area contributed by atoms with Gasteiger partial charge in [-0.05, 0) is 6.92 Å². The van der Waals surface area contributed by atoms with E-state index in [1.807, 2.05) is 0 Å². The molecule has 12 N–H and O–H groups in total. The standard InChI is InChI=1S/C26H42N7O20P3S/c1-25(2,19(38)22(39)29-5-4-14(34)28-6-7-57-24(40)26(3,41)8-15(35)36)10-50-56(47,48)53-55(45,46)49-9-13-18(52-54(42,43)44)17(37)23(51-13)33-12-32-16-20(27)30-11-31-21(16)33/h11-13,17-19,23,37-38,41H,4-10H2,1-3H3,(H,28,34)(H,29,39)(H,35,36)(H,45,46)(H,47,48)(H2,27,30,31)(H2,42,43,44). The molecule has 2 aromatic rings. The number of aliphatic hydroxyl groups excluding tert-OH is 2. The minimum absolute atomic E-state index is 0.00200. The summed E-state index contributed by atoms with van der Waals surface area (Å²) in [7, 11) is -16.5. The molecular formula is C26H42N7O20P3S. The van der Waals surface area contributed by atoms with Crippen LogP contribution in [0.15, 0.2) is 12.7 Å². The van der Waals surface area contributed by atoms with Gasteiger partial charge in [0, 0.05) is 30.7 Å². The van der Waals surface area contributed by atoms with E-state index < -0.39 is 108 Å². The molecule has 1 saturated heterocycles. The SMILES string of the molecule is CC(O)(CC(=O)O)C(=O)SCCNC(=O)CCNC(=O)C(O)C(C)(C)COP(=O)(O)OP(=O)(O)OCC1OC(n2cnc3c(N)ncnc32)C(O)C1OP(=O)(O)O. The van der Waals surface area contributed by atoms with Gasteiger partial charge in [0.15, 0.2) is 17.7 Å². The van der Waals surface area contributed by atoms with Crippen LogP contribution < -0.4 is 16.4 Å². The van der Waals surface area contributed by atoms with E-state index in [-0.39, 0.29) is 42.2 Å². The fourth-order valence-corrected chi connectivity index (χ4v) is 8.40. The number of nitrogen functional groups attached to an aromatic ring is 1. The number of carboxylic acid groups (broad SMARTS) is 1. The van der Waals surface area contributed by atoms with E-state index >= 15 is 0 Å². The lowest BCUT2D eigenvalue weighted by molar-refractivity contribution is -0.146. The Morgan fingerprint density at radius 1 is 1.04 bits per heavy atom. The molecule has 3 heterocycles. The van der Waals surface area contributed by atoms with E-state index in [2.05, 4.69) is 34.4 Å². The average molecular weight is 898 g/mol. The Hall–Kier alpha value is -3.01. The second-order valence-corrected chi connectivity index (χ2v) is 18.4. The second kappa shape index (κ2) is 19.4. The predicted octanol–water partition coefficient (Wildman–Crippen LogP) is -2.11. The summed E-state index contributed by atoms with van der Waals surface area (Å²) >= 11 is 0.606. The number of carbonyl (C=O) groups is 4. The van der Waals surface area contributed by atoms with Gasteiger partial charge in [-0.1, -0.05) is 25.6 Å². The molecular weight excluding hydrogens is 855 g/mol. The summed E-state index contributed by atoms with van der Waals surface area (Å²) in [5.41, 5.74) is 2.06. The first-order valence-corrected chi connectivity index (χ1v) is 21.7. The van der Waals surface area contributed by atoms with Crippen LogP contribution in [0.25, 0.3) is 11.2 Å². The van der Waals surface area contributed by atoms with Crippen molar-refractivity contribution in [1.29, 1.82) is 0 Å². The lowest BCUT2D eigenvalue weighted by atomic mass is 9.87. The number of amides is 2. The molecule has 8 unspecified atom stereocenters. The third-order valence-corrected chi connectivity index (χ3v) is 11.9. The van der Waals surface area contributed by atoms with Gasteiger partial charge in [-0.15, -0.1) is 0 Å². The first kappa shape index (κ1) is 48.4. The lowest BCUT2D eigenvalue weighted by Crippen LogP contribution is -2.46. The molecule has 27 nitrogen and oxygen atoms in total. The third-order valence-electron chi connectivity index (χ3n) is 7.67. The van der Waals surface area contributed by atoms with E-state index in [0.29, 0.717) is 11.8 Å². The minimum Gasteiger partial charge on any atom is -0.481 e. The summed E-state index contributed by atoms with van der Waals surface area (Å²) in [6, 6.07) is 0. The van der Waals surface area contributed by atoms with E-state index in [1.165, 1.54) is 13.8 Å². The van der Waals surface area contributed by atoms with Gasteiger partial charge in [-0.25, -0.2) is 28.6 Å². The minimum atomic E-state index is -5.60. The molecule has 2 aromatic heterocycles. The number of rotatable bonds is 22. The number of aliphatic carboxylic acids is 1. The summed E-state index contributed by atoms with van der Waals surface area (Å²) in [6.07, 6.45) is -8.02. The van der Waals surface area contributed by atoms with Gasteiger partial charge >= 0.3 is 29.4 Å². The molecule has 31 heteroatoms. The summed E-state index contributed by atoms with van der Waals surface area (Å²) in [5.74, 6) is -3.06. The van der Waals surface area contributed by atoms with E-state index in [0.717, 1.165) is 24.1 Å². The normalized spacial score (nSPS) is 22.6. The van der Waals surface area contributed by atoms with Crippen molar-refractivity contribution >= 4 is 75.1 Å². The van der Waals surface area contributed by atoms with E-state index in [1.54, 1.807) is 0 Å². The first-order valence-electron chi connectivity index (χ1n) is 16.1. The number of thioether (sulfide) groups is 1. The van der Waals surface area contributed by atoms with Gasteiger partial charge in [0.1, 0.15) is 41.9 Å². The van der Waals surface area contributed by atoms with Crippen molar-refractivity contribution in [1.82, 2.24) is 30.2 Å². The lowest BCUT2D eigenvalue weighted by Gasteiger charge is -2.30.